The number of carbonyl (C=O) groups excluding carboxylic acids is 1. The first-order valence-electron chi connectivity index (χ1n) is 10.1. The van der Waals surface area contributed by atoms with Gasteiger partial charge in [0.1, 0.15) is 5.75 Å². The van der Waals surface area contributed by atoms with E-state index in [1.165, 1.54) is 5.56 Å². The maximum Gasteiger partial charge on any atom is 0.260 e. The van der Waals surface area contributed by atoms with Crippen molar-refractivity contribution in [3.8, 4) is 11.4 Å². The second kappa shape index (κ2) is 9.39. The molecule has 2 aromatic carbocycles. The van der Waals surface area contributed by atoms with Crippen molar-refractivity contribution in [1.29, 1.82) is 0 Å². The van der Waals surface area contributed by atoms with Gasteiger partial charge >= 0.3 is 0 Å². The Kier molecular flexibility index (Phi) is 6.22. The van der Waals surface area contributed by atoms with Crippen molar-refractivity contribution in [2.24, 2.45) is 0 Å². The quantitative estimate of drug-likeness (QED) is 0.642. The summed E-state index contributed by atoms with van der Waals surface area (Å²) in [6.07, 6.45) is 7.71. The summed E-state index contributed by atoms with van der Waals surface area (Å²) in [5.41, 5.74) is 3.34. The molecule has 0 spiro atoms. The molecule has 1 aliphatic heterocycles. The van der Waals surface area contributed by atoms with Gasteiger partial charge in [0, 0.05) is 44.1 Å². The van der Waals surface area contributed by atoms with E-state index in [4.69, 9.17) is 4.74 Å². The molecule has 6 nitrogen and oxygen atoms in total. The standard InChI is InChI=1S/C23H26N4O2/c28-23(26-12-5-6-13-26)17-29-22-10-4-2-8-20(22)16-25-15-19-7-1-3-9-21(19)27-14-11-24-18-27/h1-4,7-11,14,18,25H,5-6,12-13,15-17H2. The number of ether oxygens (including phenoxy) is 1. The van der Waals surface area contributed by atoms with Crippen LogP contribution in [0.4, 0.5) is 0 Å². The Balaban J connectivity index is 1.35. The number of rotatable bonds is 8. The lowest BCUT2D eigenvalue weighted by atomic mass is 10.1. The average molecular weight is 390 g/mol. The SMILES string of the molecule is O=C(COc1ccccc1CNCc1ccccc1-n1ccnc1)N1CCCC1. The maximum atomic E-state index is 12.3. The third-order valence-electron chi connectivity index (χ3n) is 5.19. The molecule has 2 heterocycles. The molecule has 4 rings (SSSR count). The summed E-state index contributed by atoms with van der Waals surface area (Å²) in [6, 6.07) is 16.1. The second-order valence-electron chi connectivity index (χ2n) is 7.19. The number of hydrogen-bond donors (Lipinski definition) is 1. The van der Waals surface area contributed by atoms with Gasteiger partial charge in [0.2, 0.25) is 0 Å². The minimum Gasteiger partial charge on any atom is -0.483 e. The molecule has 1 aromatic heterocycles. The summed E-state index contributed by atoms with van der Waals surface area (Å²) < 4.78 is 7.87. The van der Waals surface area contributed by atoms with Crippen molar-refractivity contribution in [3.05, 3.63) is 78.4 Å². The number of carbonyl (C=O) groups is 1. The third-order valence-corrected chi connectivity index (χ3v) is 5.19. The lowest BCUT2D eigenvalue weighted by molar-refractivity contribution is -0.132. The Morgan fingerprint density at radius 1 is 1.00 bits per heavy atom. The van der Waals surface area contributed by atoms with Crippen LogP contribution in [0.3, 0.4) is 0 Å². The largest absolute Gasteiger partial charge is 0.483 e. The van der Waals surface area contributed by atoms with Crippen molar-refractivity contribution in [3.63, 3.8) is 0 Å². The summed E-state index contributed by atoms with van der Waals surface area (Å²) in [7, 11) is 0. The van der Waals surface area contributed by atoms with Crippen LogP contribution in [0.25, 0.3) is 5.69 Å². The topological polar surface area (TPSA) is 59.4 Å². The third kappa shape index (κ3) is 4.84. The van der Waals surface area contributed by atoms with Crippen LogP contribution in [0.1, 0.15) is 24.0 Å². The number of likely N-dealkylation sites (tertiary alicyclic amines) is 1. The van der Waals surface area contributed by atoms with Gasteiger partial charge in [-0.05, 0) is 30.5 Å². The van der Waals surface area contributed by atoms with E-state index in [2.05, 4.69) is 22.4 Å². The fourth-order valence-electron chi connectivity index (χ4n) is 3.63. The molecule has 150 valence electrons. The predicted octanol–water partition coefficient (Wildman–Crippen LogP) is 3.16. The van der Waals surface area contributed by atoms with E-state index in [0.717, 1.165) is 49.5 Å². The highest BCUT2D eigenvalue weighted by molar-refractivity contribution is 5.78. The monoisotopic (exact) mass is 390 g/mol. The molecule has 0 radical (unpaired) electrons. The van der Waals surface area contributed by atoms with Gasteiger partial charge in [-0.2, -0.15) is 0 Å². The number of hydrogen-bond acceptors (Lipinski definition) is 4. The normalized spacial score (nSPS) is 13.6. The molecule has 1 amide bonds. The minimum absolute atomic E-state index is 0.0690. The van der Waals surface area contributed by atoms with E-state index in [1.54, 1.807) is 12.5 Å². The van der Waals surface area contributed by atoms with E-state index in [1.807, 2.05) is 52.1 Å². The Morgan fingerprint density at radius 3 is 2.52 bits per heavy atom. The van der Waals surface area contributed by atoms with Gasteiger partial charge in [-0.25, -0.2) is 4.98 Å². The van der Waals surface area contributed by atoms with Crippen molar-refractivity contribution >= 4 is 5.91 Å². The molecule has 0 aliphatic carbocycles. The Labute approximate surface area is 171 Å². The molecule has 0 saturated carbocycles. The first-order valence-corrected chi connectivity index (χ1v) is 10.1. The molecule has 1 aliphatic rings. The lowest BCUT2D eigenvalue weighted by Crippen LogP contribution is -2.32. The molecule has 0 atom stereocenters. The summed E-state index contributed by atoms with van der Waals surface area (Å²) in [4.78, 5) is 18.3. The van der Waals surface area contributed by atoms with Gasteiger partial charge in [-0.1, -0.05) is 36.4 Å². The van der Waals surface area contributed by atoms with Crippen LogP contribution in [-0.4, -0.2) is 40.1 Å². The van der Waals surface area contributed by atoms with Crippen LogP contribution < -0.4 is 10.1 Å². The molecular weight excluding hydrogens is 364 g/mol. The number of imidazole rings is 1. The zero-order valence-corrected chi connectivity index (χ0v) is 16.5. The van der Waals surface area contributed by atoms with Crippen LogP contribution >= 0.6 is 0 Å². The highest BCUT2D eigenvalue weighted by atomic mass is 16.5. The molecule has 1 saturated heterocycles. The van der Waals surface area contributed by atoms with E-state index in [0.29, 0.717) is 6.54 Å². The number of aromatic nitrogens is 2. The van der Waals surface area contributed by atoms with E-state index in [9.17, 15) is 4.79 Å². The van der Waals surface area contributed by atoms with Gasteiger partial charge in [0.15, 0.2) is 6.61 Å². The highest BCUT2D eigenvalue weighted by Gasteiger charge is 2.18. The summed E-state index contributed by atoms with van der Waals surface area (Å²) in [6.45, 7) is 3.17. The molecule has 3 aromatic rings. The maximum absolute atomic E-state index is 12.3. The fraction of sp³-hybridized carbons (Fsp3) is 0.304. The summed E-state index contributed by atoms with van der Waals surface area (Å²) >= 11 is 0. The van der Waals surface area contributed by atoms with Crippen LogP contribution in [0, 0.1) is 0 Å². The molecule has 0 bridgehead atoms. The first kappa shape index (κ1) is 19.2. The van der Waals surface area contributed by atoms with E-state index in [-0.39, 0.29) is 12.5 Å². The predicted molar refractivity (Wildman–Crippen MR) is 112 cm³/mol. The second-order valence-corrected chi connectivity index (χ2v) is 7.19. The zero-order chi connectivity index (χ0) is 19.9. The first-order chi connectivity index (χ1) is 14.3. The minimum atomic E-state index is 0.0690. The van der Waals surface area contributed by atoms with Crippen LogP contribution in [0.5, 0.6) is 5.75 Å². The summed E-state index contributed by atoms with van der Waals surface area (Å²) in [5.74, 6) is 0.829. The Bertz CT molecular complexity index is 934. The van der Waals surface area contributed by atoms with E-state index >= 15 is 0 Å². The molecular formula is C23H26N4O2. The van der Waals surface area contributed by atoms with Crippen LogP contribution in [0.15, 0.2) is 67.3 Å². The smallest absolute Gasteiger partial charge is 0.260 e. The number of para-hydroxylation sites is 2. The van der Waals surface area contributed by atoms with Crippen molar-refractivity contribution in [2.75, 3.05) is 19.7 Å². The lowest BCUT2D eigenvalue weighted by Gasteiger charge is -2.17. The number of amides is 1. The molecule has 29 heavy (non-hydrogen) atoms. The Hall–Kier alpha value is -3.12. The average Bonchev–Trinajstić information content (AvgIpc) is 3.47. The van der Waals surface area contributed by atoms with Crippen molar-refractivity contribution in [1.82, 2.24) is 19.8 Å². The fourth-order valence-corrected chi connectivity index (χ4v) is 3.63. The van der Waals surface area contributed by atoms with Crippen molar-refractivity contribution in [2.45, 2.75) is 25.9 Å². The molecule has 1 N–H and O–H groups in total. The van der Waals surface area contributed by atoms with Crippen LogP contribution in [-0.2, 0) is 17.9 Å². The van der Waals surface area contributed by atoms with Gasteiger partial charge in [-0.15, -0.1) is 0 Å². The highest BCUT2D eigenvalue weighted by Crippen LogP contribution is 2.19. The van der Waals surface area contributed by atoms with Gasteiger partial charge < -0.3 is 19.5 Å². The molecule has 6 heteroatoms. The van der Waals surface area contributed by atoms with Crippen LogP contribution in [0.2, 0.25) is 0 Å². The summed E-state index contributed by atoms with van der Waals surface area (Å²) in [5, 5.41) is 3.49. The van der Waals surface area contributed by atoms with Crippen molar-refractivity contribution < 1.29 is 9.53 Å². The molecule has 1 fully saturated rings. The molecule has 0 unspecified atom stereocenters. The van der Waals surface area contributed by atoms with Gasteiger partial charge in [0.05, 0.1) is 12.0 Å². The van der Waals surface area contributed by atoms with Gasteiger partial charge in [0.25, 0.3) is 5.91 Å². The number of benzene rings is 2. The van der Waals surface area contributed by atoms with E-state index < -0.39 is 0 Å². The van der Waals surface area contributed by atoms with Gasteiger partial charge in [-0.3, -0.25) is 4.79 Å². The zero-order valence-electron chi connectivity index (χ0n) is 16.5. The number of nitrogens with one attached hydrogen (secondary N) is 1. The Morgan fingerprint density at radius 2 is 1.72 bits per heavy atom. The number of nitrogens with zero attached hydrogens (tertiary/aromatic N) is 3.